The van der Waals surface area contributed by atoms with Crippen LogP contribution in [-0.2, 0) is 19.5 Å². The molecule has 0 aliphatic carbocycles. The van der Waals surface area contributed by atoms with E-state index in [1.165, 1.54) is 0 Å². The van der Waals surface area contributed by atoms with Crippen molar-refractivity contribution in [2.45, 2.75) is 0 Å². The molecule has 1 radical (unpaired) electrons. The molecule has 0 saturated carbocycles. The van der Waals surface area contributed by atoms with E-state index in [0.717, 1.165) is 44.8 Å². The fourth-order valence-corrected chi connectivity index (χ4v) is 3.22. The third kappa shape index (κ3) is 4.73. The van der Waals surface area contributed by atoms with E-state index in [0.29, 0.717) is 0 Å². The largest absolute Gasteiger partial charge is 0.368 e. The molecule has 0 atom stereocenters. The van der Waals surface area contributed by atoms with Crippen molar-refractivity contribution in [2.75, 3.05) is 0 Å². The van der Waals surface area contributed by atoms with Crippen molar-refractivity contribution in [3.63, 3.8) is 0 Å². The molecule has 0 unspecified atom stereocenters. The standard InChI is InChI=1S/C20H14N4.C4H5N.Rh/c1-2-14-10-16-5-6-18(23-16)12-20-8-7-19(24-20)11-17-4-3-15(22-17)9-13(1)21-14;1-2-4-5-3-1;/h1-12,21,24H;1-5H;. The monoisotopic (exact) mass is 480 g/mol. The molecule has 4 aromatic heterocycles. The van der Waals surface area contributed by atoms with Crippen LogP contribution in [0.5, 0.6) is 0 Å². The number of nitrogens with zero attached hydrogens (tertiary/aromatic N) is 2. The normalized spacial score (nSPS) is 11.5. The van der Waals surface area contributed by atoms with Gasteiger partial charge in [-0.2, -0.15) is 0 Å². The molecule has 6 heteroatoms. The Balaban J connectivity index is 0.000000321. The molecule has 0 spiro atoms. The first-order valence-corrected chi connectivity index (χ1v) is 9.42. The van der Waals surface area contributed by atoms with Gasteiger partial charge in [-0.15, -0.1) is 0 Å². The molecule has 0 aromatic carbocycles. The van der Waals surface area contributed by atoms with Crippen molar-refractivity contribution in [3.05, 3.63) is 95.8 Å². The molecule has 4 aromatic rings. The zero-order chi connectivity index (χ0) is 19.5. The minimum absolute atomic E-state index is 0. The summed E-state index contributed by atoms with van der Waals surface area (Å²) >= 11 is 0. The summed E-state index contributed by atoms with van der Waals surface area (Å²) in [7, 11) is 0. The Labute approximate surface area is 186 Å². The Morgan fingerprint density at radius 3 is 1.10 bits per heavy atom. The van der Waals surface area contributed by atoms with Crippen LogP contribution in [0.25, 0.3) is 46.4 Å². The molecule has 6 heterocycles. The average Bonchev–Trinajstić information content (AvgIpc) is 3.50. The molecule has 2 aliphatic rings. The maximum atomic E-state index is 4.63. The van der Waals surface area contributed by atoms with Crippen molar-refractivity contribution in [1.82, 2.24) is 24.9 Å². The second-order valence-corrected chi connectivity index (χ2v) is 6.79. The Bertz CT molecular complexity index is 1170. The third-order valence-corrected chi connectivity index (χ3v) is 4.54. The predicted molar refractivity (Wildman–Crippen MR) is 120 cm³/mol. The Morgan fingerprint density at radius 1 is 0.500 bits per heavy atom. The van der Waals surface area contributed by atoms with Crippen LogP contribution < -0.4 is 0 Å². The number of H-pyrrole nitrogens is 3. The first kappa shape index (κ1) is 19.8. The molecule has 30 heavy (non-hydrogen) atoms. The number of aromatic amines is 3. The van der Waals surface area contributed by atoms with Crippen LogP contribution in [0.1, 0.15) is 22.8 Å². The van der Waals surface area contributed by atoms with E-state index in [-0.39, 0.29) is 19.5 Å². The van der Waals surface area contributed by atoms with Crippen LogP contribution in [0.4, 0.5) is 0 Å². The van der Waals surface area contributed by atoms with Gasteiger partial charge in [-0.3, -0.25) is 0 Å². The number of rotatable bonds is 0. The molecule has 8 bridgehead atoms. The van der Waals surface area contributed by atoms with E-state index < -0.39 is 0 Å². The topological polar surface area (TPSA) is 73.2 Å². The predicted octanol–water partition coefficient (Wildman–Crippen LogP) is 5.67. The molecule has 0 saturated heterocycles. The van der Waals surface area contributed by atoms with Gasteiger partial charge >= 0.3 is 0 Å². The van der Waals surface area contributed by atoms with Gasteiger partial charge in [0.05, 0.1) is 22.8 Å². The smallest absolute Gasteiger partial charge is 0.0658 e. The van der Waals surface area contributed by atoms with Gasteiger partial charge < -0.3 is 15.0 Å². The van der Waals surface area contributed by atoms with Crippen molar-refractivity contribution < 1.29 is 19.5 Å². The minimum Gasteiger partial charge on any atom is -0.368 e. The second kappa shape index (κ2) is 8.89. The van der Waals surface area contributed by atoms with E-state index in [1.54, 1.807) is 0 Å². The van der Waals surface area contributed by atoms with Gasteiger partial charge in [-0.05, 0) is 85.0 Å². The minimum atomic E-state index is 0. The molecule has 149 valence electrons. The van der Waals surface area contributed by atoms with Crippen LogP contribution in [0.15, 0.2) is 73.1 Å². The van der Waals surface area contributed by atoms with Gasteiger partial charge in [-0.25, -0.2) is 9.97 Å². The Hall–Kier alpha value is -3.50. The third-order valence-electron chi connectivity index (χ3n) is 4.54. The maximum Gasteiger partial charge on any atom is 0.0658 e. The van der Waals surface area contributed by atoms with Gasteiger partial charge in [0, 0.05) is 53.9 Å². The van der Waals surface area contributed by atoms with Crippen LogP contribution in [0.3, 0.4) is 0 Å². The number of hydrogen-bond acceptors (Lipinski definition) is 2. The molecule has 3 N–H and O–H groups in total. The van der Waals surface area contributed by atoms with Crippen LogP contribution in [0, 0.1) is 0 Å². The molecule has 2 aliphatic heterocycles. The summed E-state index contributed by atoms with van der Waals surface area (Å²) in [6.45, 7) is 0. The summed E-state index contributed by atoms with van der Waals surface area (Å²) in [5.41, 5.74) is 7.86. The van der Waals surface area contributed by atoms with Crippen LogP contribution in [-0.4, -0.2) is 24.9 Å². The summed E-state index contributed by atoms with van der Waals surface area (Å²) < 4.78 is 0. The average molecular weight is 480 g/mol. The second-order valence-electron chi connectivity index (χ2n) is 6.79. The van der Waals surface area contributed by atoms with E-state index >= 15 is 0 Å². The van der Waals surface area contributed by atoms with Crippen LogP contribution in [0.2, 0.25) is 0 Å². The van der Waals surface area contributed by atoms with E-state index in [1.807, 2.05) is 73.1 Å². The van der Waals surface area contributed by atoms with Gasteiger partial charge in [0.1, 0.15) is 0 Å². The summed E-state index contributed by atoms with van der Waals surface area (Å²) in [6.07, 6.45) is 11.8. The molecule has 6 rings (SSSR count). The quantitative estimate of drug-likeness (QED) is 0.245. The first-order valence-electron chi connectivity index (χ1n) is 9.42. The summed E-state index contributed by atoms with van der Waals surface area (Å²) in [4.78, 5) is 18.9. The number of aromatic nitrogens is 5. The molecule has 0 amide bonds. The van der Waals surface area contributed by atoms with Gasteiger partial charge in [0.2, 0.25) is 0 Å². The molecular formula is C24H19N5Rh. The van der Waals surface area contributed by atoms with Gasteiger partial charge in [0.25, 0.3) is 0 Å². The molecular weight excluding hydrogens is 461 g/mol. The van der Waals surface area contributed by atoms with E-state index in [4.69, 9.17) is 0 Å². The number of hydrogen-bond donors (Lipinski definition) is 3. The van der Waals surface area contributed by atoms with Gasteiger partial charge in [-0.1, -0.05) is 0 Å². The zero-order valence-corrected chi connectivity index (χ0v) is 17.6. The maximum absolute atomic E-state index is 4.63. The number of nitrogens with one attached hydrogen (secondary N) is 3. The van der Waals surface area contributed by atoms with Crippen LogP contribution >= 0.6 is 0 Å². The Kier molecular flexibility index (Phi) is 5.87. The Morgan fingerprint density at radius 2 is 0.833 bits per heavy atom. The summed E-state index contributed by atoms with van der Waals surface area (Å²) in [5, 5.41) is 0. The first-order chi connectivity index (χ1) is 14.3. The van der Waals surface area contributed by atoms with Crippen molar-refractivity contribution in [3.8, 4) is 0 Å². The zero-order valence-electron chi connectivity index (χ0n) is 16.0. The number of fused-ring (bicyclic) bond motifs is 8. The molecule has 0 fully saturated rings. The van der Waals surface area contributed by atoms with Crippen molar-refractivity contribution in [2.24, 2.45) is 0 Å². The SMILES string of the molecule is C1=Cc2cc3ccc(cc4nc(cc5ccc(cc1n2)[nH]5)C=C4)[nH]3.[Rh].c1cc[nH]c1. The van der Waals surface area contributed by atoms with Crippen molar-refractivity contribution in [1.29, 1.82) is 0 Å². The summed E-state index contributed by atoms with van der Waals surface area (Å²) in [5.74, 6) is 0. The van der Waals surface area contributed by atoms with Gasteiger partial charge in [0.15, 0.2) is 0 Å². The fourth-order valence-electron chi connectivity index (χ4n) is 3.22. The van der Waals surface area contributed by atoms with E-state index in [9.17, 15) is 0 Å². The molecule has 5 nitrogen and oxygen atoms in total. The summed E-state index contributed by atoms with van der Waals surface area (Å²) in [6, 6.07) is 20.3. The van der Waals surface area contributed by atoms with E-state index in [2.05, 4.69) is 49.2 Å². The van der Waals surface area contributed by atoms with Crippen molar-refractivity contribution >= 4 is 46.4 Å². The fraction of sp³-hybridized carbons (Fsp3) is 0.